The molecule has 0 aliphatic carbocycles. The van der Waals surface area contributed by atoms with Crippen LogP contribution < -0.4 is 0 Å². The lowest BCUT2D eigenvalue weighted by atomic mass is 9.88. The van der Waals surface area contributed by atoms with Crippen LogP contribution in [0.3, 0.4) is 0 Å². The highest BCUT2D eigenvalue weighted by Gasteiger charge is 2.42. The number of aromatic amines is 1. The molecule has 0 unspecified atom stereocenters. The van der Waals surface area contributed by atoms with E-state index in [9.17, 15) is 4.79 Å². The zero-order valence-corrected chi connectivity index (χ0v) is 13.1. The summed E-state index contributed by atoms with van der Waals surface area (Å²) in [5.41, 5.74) is -0.966. The Labute approximate surface area is 124 Å². The summed E-state index contributed by atoms with van der Waals surface area (Å²) in [6, 6.07) is 0. The molecule has 2 rings (SSSR count). The van der Waals surface area contributed by atoms with E-state index in [0.29, 0.717) is 25.5 Å². The molecule has 0 spiro atoms. The number of tetrazole rings is 1. The molecule has 1 amide bonds. The van der Waals surface area contributed by atoms with Crippen LogP contribution in [0.5, 0.6) is 0 Å². The highest BCUT2D eigenvalue weighted by molar-refractivity contribution is 5.86. The van der Waals surface area contributed by atoms with Crippen molar-refractivity contribution in [3.63, 3.8) is 0 Å². The Morgan fingerprint density at radius 1 is 1.43 bits per heavy atom. The van der Waals surface area contributed by atoms with Crippen molar-refractivity contribution in [1.82, 2.24) is 30.4 Å². The van der Waals surface area contributed by atoms with Crippen LogP contribution in [0.15, 0.2) is 0 Å². The number of amides is 1. The average Bonchev–Trinajstić information content (AvgIpc) is 2.94. The highest BCUT2D eigenvalue weighted by Crippen LogP contribution is 2.26. The minimum atomic E-state index is -0.803. The number of piperazine rings is 1. The molecule has 2 N–H and O–H groups in total. The molecule has 0 bridgehead atoms. The van der Waals surface area contributed by atoms with E-state index in [1.165, 1.54) is 0 Å². The van der Waals surface area contributed by atoms with Crippen molar-refractivity contribution in [3.8, 4) is 0 Å². The molecule has 1 fully saturated rings. The first-order valence-electron chi connectivity index (χ1n) is 7.18. The van der Waals surface area contributed by atoms with Crippen molar-refractivity contribution in [2.24, 2.45) is 0 Å². The second-order valence-corrected chi connectivity index (χ2v) is 6.61. The predicted molar refractivity (Wildman–Crippen MR) is 76.5 cm³/mol. The maximum Gasteiger partial charge on any atom is 0.236 e. The summed E-state index contributed by atoms with van der Waals surface area (Å²) >= 11 is 0. The number of carbonyl (C=O) groups excluding carboxylic acids is 1. The van der Waals surface area contributed by atoms with Gasteiger partial charge in [-0.1, -0.05) is 5.21 Å². The van der Waals surface area contributed by atoms with Crippen LogP contribution in [0.2, 0.25) is 0 Å². The Balaban J connectivity index is 2.11. The van der Waals surface area contributed by atoms with Gasteiger partial charge in [0.2, 0.25) is 5.91 Å². The molecule has 1 aliphatic rings. The monoisotopic (exact) mass is 296 g/mol. The number of hydrogen-bond acceptors (Lipinski definition) is 6. The first kappa shape index (κ1) is 15.8. The number of H-pyrrole nitrogens is 1. The van der Waals surface area contributed by atoms with Crippen LogP contribution >= 0.6 is 0 Å². The van der Waals surface area contributed by atoms with Gasteiger partial charge < -0.3 is 10.0 Å². The van der Waals surface area contributed by atoms with Gasteiger partial charge in [-0.2, -0.15) is 5.21 Å². The summed E-state index contributed by atoms with van der Waals surface area (Å²) in [6.45, 7) is 10.6. The number of β-amino-alcohol motifs (C(OH)–C–C–N with tert-alkyl or cyclic N) is 1. The van der Waals surface area contributed by atoms with Crippen LogP contribution in [0.1, 0.15) is 33.5 Å². The van der Waals surface area contributed by atoms with Gasteiger partial charge >= 0.3 is 0 Å². The Morgan fingerprint density at radius 2 is 2.14 bits per heavy atom. The molecular weight excluding hydrogens is 272 g/mol. The zero-order valence-electron chi connectivity index (χ0n) is 13.1. The van der Waals surface area contributed by atoms with E-state index >= 15 is 0 Å². The fourth-order valence-electron chi connectivity index (χ4n) is 2.82. The Bertz CT molecular complexity index is 485. The van der Waals surface area contributed by atoms with Crippen molar-refractivity contribution in [2.75, 3.05) is 32.8 Å². The number of rotatable bonds is 4. The maximum atomic E-state index is 12.8. The molecule has 1 aliphatic heterocycles. The number of hydrogen-bond donors (Lipinski definition) is 2. The molecule has 118 valence electrons. The topological polar surface area (TPSA) is 98.2 Å². The lowest BCUT2D eigenvalue weighted by molar-refractivity contribution is -0.141. The second-order valence-electron chi connectivity index (χ2n) is 6.61. The molecule has 1 saturated heterocycles. The number of nitrogens with zero attached hydrogens (tertiary/aromatic N) is 5. The normalized spacial score (nSPS) is 19.8. The lowest BCUT2D eigenvalue weighted by Crippen LogP contribution is -2.62. The van der Waals surface area contributed by atoms with Crippen molar-refractivity contribution >= 4 is 5.91 Å². The molecule has 0 radical (unpaired) electrons. The fourth-order valence-corrected chi connectivity index (χ4v) is 2.82. The summed E-state index contributed by atoms with van der Waals surface area (Å²) in [5, 5.41) is 23.0. The predicted octanol–water partition coefficient (Wildman–Crippen LogP) is -0.608. The minimum absolute atomic E-state index is 0.000577. The van der Waals surface area contributed by atoms with Crippen LogP contribution in [0.25, 0.3) is 0 Å². The van der Waals surface area contributed by atoms with Crippen molar-refractivity contribution in [1.29, 1.82) is 0 Å². The fraction of sp³-hybridized carbons (Fsp3) is 0.846. The number of carbonyl (C=O) groups is 1. The maximum absolute atomic E-state index is 12.8. The van der Waals surface area contributed by atoms with Crippen LogP contribution in [-0.4, -0.2) is 79.8 Å². The standard InChI is InChI=1S/C13H24N6O2/c1-12(2)9-18(5-6-19(12)7-8-20)11(21)13(3,4)10-14-16-17-15-10/h20H,5-9H2,1-4H3,(H,14,15,16,17). The van der Waals surface area contributed by atoms with E-state index in [2.05, 4.69) is 39.4 Å². The lowest BCUT2D eigenvalue weighted by Gasteiger charge is -2.48. The smallest absolute Gasteiger partial charge is 0.236 e. The van der Waals surface area contributed by atoms with Crippen molar-refractivity contribution in [2.45, 2.75) is 38.6 Å². The summed E-state index contributed by atoms with van der Waals surface area (Å²) in [5.74, 6) is 0.406. The van der Waals surface area contributed by atoms with Gasteiger partial charge in [0.05, 0.1) is 6.61 Å². The number of aromatic nitrogens is 4. The number of nitrogens with one attached hydrogen (secondary N) is 1. The van der Waals surface area contributed by atoms with Crippen LogP contribution in [-0.2, 0) is 10.2 Å². The highest BCUT2D eigenvalue weighted by atomic mass is 16.3. The van der Waals surface area contributed by atoms with Crippen molar-refractivity contribution in [3.05, 3.63) is 5.82 Å². The molecule has 0 atom stereocenters. The third-order valence-corrected chi connectivity index (χ3v) is 4.17. The number of aliphatic hydroxyl groups is 1. The quantitative estimate of drug-likeness (QED) is 0.769. The van der Waals surface area contributed by atoms with E-state index < -0.39 is 5.41 Å². The molecule has 1 aromatic rings. The summed E-state index contributed by atoms with van der Waals surface area (Å²) < 4.78 is 0. The first-order chi connectivity index (χ1) is 9.79. The van der Waals surface area contributed by atoms with Gasteiger partial charge in [0.25, 0.3) is 0 Å². The molecule has 8 heteroatoms. The van der Waals surface area contributed by atoms with Gasteiger partial charge in [-0.15, -0.1) is 10.2 Å². The molecule has 0 saturated carbocycles. The zero-order chi connectivity index (χ0) is 15.7. The van der Waals surface area contributed by atoms with Crippen molar-refractivity contribution < 1.29 is 9.90 Å². The van der Waals surface area contributed by atoms with E-state index in [-0.39, 0.29) is 18.1 Å². The number of aliphatic hydroxyl groups excluding tert-OH is 1. The van der Waals surface area contributed by atoms with Gasteiger partial charge in [0.1, 0.15) is 5.41 Å². The van der Waals surface area contributed by atoms with Gasteiger partial charge in [-0.25, -0.2) is 0 Å². The van der Waals surface area contributed by atoms with Gasteiger partial charge in [-0.3, -0.25) is 9.69 Å². The SMILES string of the molecule is CC(C)(C(=O)N1CCN(CCO)C(C)(C)C1)c1nn[nH]n1. The first-order valence-corrected chi connectivity index (χ1v) is 7.18. The minimum Gasteiger partial charge on any atom is -0.395 e. The van der Waals surface area contributed by atoms with E-state index in [1.54, 1.807) is 0 Å². The Hall–Kier alpha value is -1.54. The van der Waals surface area contributed by atoms with Gasteiger partial charge in [0, 0.05) is 31.7 Å². The molecule has 21 heavy (non-hydrogen) atoms. The molecule has 2 heterocycles. The Morgan fingerprint density at radius 3 is 2.67 bits per heavy atom. The van der Waals surface area contributed by atoms with E-state index in [1.807, 2.05) is 18.7 Å². The average molecular weight is 296 g/mol. The van der Waals surface area contributed by atoms with E-state index in [4.69, 9.17) is 5.11 Å². The van der Waals surface area contributed by atoms with Gasteiger partial charge in [-0.05, 0) is 27.7 Å². The second kappa shape index (κ2) is 5.69. The Kier molecular flexibility index (Phi) is 4.29. The largest absolute Gasteiger partial charge is 0.395 e. The third-order valence-electron chi connectivity index (χ3n) is 4.17. The summed E-state index contributed by atoms with van der Waals surface area (Å²) in [4.78, 5) is 16.9. The molecule has 0 aromatic carbocycles. The van der Waals surface area contributed by atoms with Crippen LogP contribution in [0.4, 0.5) is 0 Å². The summed E-state index contributed by atoms with van der Waals surface area (Å²) in [6.07, 6.45) is 0. The third kappa shape index (κ3) is 3.06. The molecule has 1 aromatic heterocycles. The van der Waals surface area contributed by atoms with Crippen LogP contribution in [0, 0.1) is 0 Å². The molecule has 8 nitrogen and oxygen atoms in total. The summed E-state index contributed by atoms with van der Waals surface area (Å²) in [7, 11) is 0. The molecular formula is C13H24N6O2. The van der Waals surface area contributed by atoms with E-state index in [0.717, 1.165) is 6.54 Å². The van der Waals surface area contributed by atoms with Gasteiger partial charge in [0.15, 0.2) is 5.82 Å².